The number of carbonyl (C=O) groups is 2. The summed E-state index contributed by atoms with van der Waals surface area (Å²) in [6, 6.07) is 18.8. The molecule has 0 spiro atoms. The molecule has 2 fully saturated rings. The predicted molar refractivity (Wildman–Crippen MR) is 162 cm³/mol. The van der Waals surface area contributed by atoms with Crippen LogP contribution in [0, 0.1) is 11.8 Å². The predicted octanol–water partition coefficient (Wildman–Crippen LogP) is 4.25. The van der Waals surface area contributed by atoms with Gasteiger partial charge in [0.1, 0.15) is 0 Å². The molecule has 0 aromatic heterocycles. The van der Waals surface area contributed by atoms with Crippen molar-refractivity contribution in [2.45, 2.75) is 19.4 Å². The topological polar surface area (TPSA) is 86.8 Å². The Labute approximate surface area is 253 Å². The van der Waals surface area contributed by atoms with Gasteiger partial charge in [0.2, 0.25) is 0 Å². The summed E-state index contributed by atoms with van der Waals surface area (Å²) in [6.07, 6.45) is 1.15. The Morgan fingerprint density at radius 2 is 1.35 bits per heavy atom. The number of cyclic esters (lactones) is 1. The largest absolute Gasteiger partial charge is 0.493 e. The maximum absolute atomic E-state index is 13.0. The highest BCUT2D eigenvalue weighted by molar-refractivity contribution is 5.91. The van der Waals surface area contributed by atoms with Gasteiger partial charge in [-0.15, -0.1) is 0 Å². The molecule has 2 saturated heterocycles. The molecule has 0 saturated carbocycles. The van der Waals surface area contributed by atoms with E-state index < -0.39 is 5.97 Å². The van der Waals surface area contributed by atoms with Gasteiger partial charge in [-0.3, -0.25) is 9.69 Å². The van der Waals surface area contributed by atoms with Gasteiger partial charge in [-0.05, 0) is 73.0 Å². The van der Waals surface area contributed by atoms with Crippen molar-refractivity contribution in [2.24, 2.45) is 11.8 Å². The first-order valence-electron chi connectivity index (χ1n) is 14.6. The Balaban J connectivity index is 1.21. The van der Waals surface area contributed by atoms with Crippen molar-refractivity contribution >= 4 is 11.9 Å². The SMILES string of the molecule is COc1ccc(C[C@H]2COC(=O)[C@@H]2Cc2ccc(OC(=O)c3ccc(CN4CCN(C)CC4)cc3)c(OC)c2)cc1OC. The number of hydrogen-bond acceptors (Lipinski definition) is 9. The van der Waals surface area contributed by atoms with Crippen LogP contribution < -0.4 is 18.9 Å². The highest BCUT2D eigenvalue weighted by Crippen LogP contribution is 2.35. The van der Waals surface area contributed by atoms with Crippen LogP contribution in [0.25, 0.3) is 0 Å². The Bertz CT molecular complexity index is 1420. The first kappa shape index (κ1) is 30.4. The summed E-state index contributed by atoms with van der Waals surface area (Å²) in [5, 5.41) is 0. The van der Waals surface area contributed by atoms with Crippen LogP contribution in [-0.2, 0) is 28.9 Å². The molecule has 9 heteroatoms. The number of benzene rings is 3. The molecular formula is C34H40N2O7. The quantitative estimate of drug-likeness (QED) is 0.241. The van der Waals surface area contributed by atoms with E-state index in [2.05, 4.69) is 16.8 Å². The summed E-state index contributed by atoms with van der Waals surface area (Å²) in [7, 11) is 6.88. The summed E-state index contributed by atoms with van der Waals surface area (Å²) in [5.41, 5.74) is 3.57. The number of ether oxygens (including phenoxy) is 5. The lowest BCUT2D eigenvalue weighted by Gasteiger charge is -2.32. The third-order valence-electron chi connectivity index (χ3n) is 8.34. The van der Waals surface area contributed by atoms with Gasteiger partial charge in [0.25, 0.3) is 0 Å². The van der Waals surface area contributed by atoms with Crippen LogP contribution in [0.1, 0.15) is 27.0 Å². The average molecular weight is 589 g/mol. The molecule has 0 N–H and O–H groups in total. The normalized spacial score (nSPS) is 19.1. The second-order valence-corrected chi connectivity index (χ2v) is 11.2. The first-order chi connectivity index (χ1) is 20.9. The summed E-state index contributed by atoms with van der Waals surface area (Å²) in [4.78, 5) is 30.4. The average Bonchev–Trinajstić information content (AvgIpc) is 3.36. The Hall–Kier alpha value is -4.08. The van der Waals surface area contributed by atoms with Crippen molar-refractivity contribution in [3.63, 3.8) is 0 Å². The number of nitrogens with zero attached hydrogens (tertiary/aromatic N) is 2. The Kier molecular flexibility index (Phi) is 9.84. The summed E-state index contributed by atoms with van der Waals surface area (Å²) in [6.45, 7) is 5.43. The van der Waals surface area contributed by atoms with E-state index in [0.29, 0.717) is 48.0 Å². The Morgan fingerprint density at radius 1 is 0.767 bits per heavy atom. The molecule has 0 radical (unpaired) electrons. The third-order valence-corrected chi connectivity index (χ3v) is 8.34. The van der Waals surface area contributed by atoms with E-state index in [-0.39, 0.29) is 17.8 Å². The van der Waals surface area contributed by atoms with Crippen LogP contribution in [0.15, 0.2) is 60.7 Å². The minimum Gasteiger partial charge on any atom is -0.493 e. The molecule has 43 heavy (non-hydrogen) atoms. The smallest absolute Gasteiger partial charge is 0.343 e. The van der Waals surface area contributed by atoms with Crippen molar-refractivity contribution in [1.82, 2.24) is 9.80 Å². The molecule has 2 atom stereocenters. The van der Waals surface area contributed by atoms with Gasteiger partial charge in [-0.2, -0.15) is 0 Å². The highest BCUT2D eigenvalue weighted by atomic mass is 16.6. The van der Waals surface area contributed by atoms with Crippen LogP contribution in [0.3, 0.4) is 0 Å². The first-order valence-corrected chi connectivity index (χ1v) is 14.6. The zero-order chi connectivity index (χ0) is 30.3. The monoisotopic (exact) mass is 588 g/mol. The van der Waals surface area contributed by atoms with Gasteiger partial charge in [0.15, 0.2) is 23.0 Å². The lowest BCUT2D eigenvalue weighted by Crippen LogP contribution is -2.43. The molecule has 3 aromatic carbocycles. The molecular weight excluding hydrogens is 548 g/mol. The van der Waals surface area contributed by atoms with Crippen molar-refractivity contribution in [3.05, 3.63) is 82.9 Å². The number of methoxy groups -OCH3 is 3. The van der Waals surface area contributed by atoms with Gasteiger partial charge >= 0.3 is 11.9 Å². The minimum absolute atomic E-state index is 0.00771. The fourth-order valence-electron chi connectivity index (χ4n) is 5.71. The number of esters is 2. The number of rotatable bonds is 11. The maximum atomic E-state index is 13.0. The van der Waals surface area contributed by atoms with Gasteiger partial charge in [0.05, 0.1) is 39.4 Å². The number of piperazine rings is 1. The molecule has 0 amide bonds. The number of hydrogen-bond donors (Lipinski definition) is 0. The van der Waals surface area contributed by atoms with Crippen molar-refractivity contribution in [3.8, 4) is 23.0 Å². The fourth-order valence-corrected chi connectivity index (χ4v) is 5.71. The minimum atomic E-state index is -0.452. The molecule has 2 aliphatic heterocycles. The second kappa shape index (κ2) is 13.9. The Morgan fingerprint density at radius 3 is 2.00 bits per heavy atom. The molecule has 2 heterocycles. The van der Waals surface area contributed by atoms with Crippen LogP contribution in [0.5, 0.6) is 23.0 Å². The summed E-state index contributed by atoms with van der Waals surface area (Å²) >= 11 is 0. The standard InChI is InChI=1S/C34H40N2O7/c1-35-13-15-36(16-14-35)21-23-5-9-26(10-6-23)33(37)43-30-12-8-25(20-32(30)41-4)18-28-27(22-42-34(28)38)17-24-7-11-29(39-2)31(19-24)40-3/h5-12,19-20,27-28H,13-18,21-22H2,1-4H3/t27-,28+/m0/s1. The van der Waals surface area contributed by atoms with Gasteiger partial charge in [-0.1, -0.05) is 24.3 Å². The fraction of sp³-hybridized carbons (Fsp3) is 0.412. The number of carbonyl (C=O) groups excluding carboxylic acids is 2. The van der Waals surface area contributed by atoms with Crippen molar-refractivity contribution in [2.75, 3.05) is 61.2 Å². The van der Waals surface area contributed by atoms with E-state index in [1.807, 2.05) is 42.5 Å². The van der Waals surface area contributed by atoms with E-state index in [1.54, 1.807) is 32.4 Å². The van der Waals surface area contributed by atoms with E-state index in [9.17, 15) is 9.59 Å². The van der Waals surface area contributed by atoms with E-state index in [1.165, 1.54) is 7.11 Å². The molecule has 2 aliphatic rings. The van der Waals surface area contributed by atoms with Crippen molar-refractivity contribution < 1.29 is 33.3 Å². The zero-order valence-electron chi connectivity index (χ0n) is 25.3. The maximum Gasteiger partial charge on any atom is 0.343 e. The highest BCUT2D eigenvalue weighted by Gasteiger charge is 2.37. The van der Waals surface area contributed by atoms with Crippen LogP contribution >= 0.6 is 0 Å². The van der Waals surface area contributed by atoms with Gasteiger partial charge in [-0.25, -0.2) is 4.79 Å². The van der Waals surface area contributed by atoms with Gasteiger partial charge < -0.3 is 28.6 Å². The molecule has 0 unspecified atom stereocenters. The van der Waals surface area contributed by atoms with Crippen LogP contribution in [0.4, 0.5) is 0 Å². The van der Waals surface area contributed by atoms with E-state index in [4.69, 9.17) is 23.7 Å². The molecule has 5 rings (SSSR count). The molecule has 3 aromatic rings. The van der Waals surface area contributed by atoms with Gasteiger partial charge in [0, 0.05) is 38.6 Å². The number of likely N-dealkylation sites (N-methyl/N-ethyl adjacent to an activating group) is 1. The van der Waals surface area contributed by atoms with Crippen molar-refractivity contribution in [1.29, 1.82) is 0 Å². The third kappa shape index (κ3) is 7.47. The van der Waals surface area contributed by atoms with Crippen LogP contribution in [0.2, 0.25) is 0 Å². The lowest BCUT2D eigenvalue weighted by atomic mass is 9.85. The zero-order valence-corrected chi connectivity index (χ0v) is 25.3. The molecule has 0 bridgehead atoms. The molecule has 228 valence electrons. The van der Waals surface area contributed by atoms with Crippen LogP contribution in [-0.4, -0.2) is 82.9 Å². The summed E-state index contributed by atoms with van der Waals surface area (Å²) in [5.74, 6) is 1.10. The summed E-state index contributed by atoms with van der Waals surface area (Å²) < 4.78 is 27.5. The molecule has 9 nitrogen and oxygen atoms in total. The second-order valence-electron chi connectivity index (χ2n) is 11.2. The van der Waals surface area contributed by atoms with E-state index in [0.717, 1.165) is 49.4 Å². The van der Waals surface area contributed by atoms with E-state index >= 15 is 0 Å². The lowest BCUT2D eigenvalue weighted by molar-refractivity contribution is -0.141. The molecule has 0 aliphatic carbocycles.